The van der Waals surface area contributed by atoms with Crippen LogP contribution in [-0.4, -0.2) is 56.8 Å². The number of methoxy groups -OCH3 is 1. The Labute approximate surface area is 143 Å². The second kappa shape index (κ2) is 6.37. The van der Waals surface area contributed by atoms with Gasteiger partial charge in [0.1, 0.15) is 5.75 Å². The van der Waals surface area contributed by atoms with Crippen LogP contribution in [0, 0.1) is 19.8 Å². The normalized spacial score (nSPS) is 19.4. The first-order valence-corrected chi connectivity index (χ1v) is 9.73. The molecular formula is C17H24N2O4S. The molecule has 132 valence electrons. The smallest absolute Gasteiger partial charge is 0.243 e. The minimum absolute atomic E-state index is 0.180. The predicted octanol–water partition coefficient (Wildman–Crippen LogP) is 1.55. The zero-order chi connectivity index (χ0) is 17.5. The third-order valence-electron chi connectivity index (χ3n) is 5.00. The molecule has 3 rings (SSSR count). The van der Waals surface area contributed by atoms with E-state index in [1.165, 1.54) is 4.31 Å². The Morgan fingerprint density at radius 3 is 2.25 bits per heavy atom. The van der Waals surface area contributed by atoms with E-state index in [-0.39, 0.29) is 11.8 Å². The Morgan fingerprint density at radius 1 is 1.08 bits per heavy atom. The number of ether oxygens (including phenoxy) is 1. The van der Waals surface area contributed by atoms with Gasteiger partial charge in [0, 0.05) is 32.1 Å². The summed E-state index contributed by atoms with van der Waals surface area (Å²) in [4.78, 5) is 14.2. The first kappa shape index (κ1) is 17.2. The molecule has 0 bridgehead atoms. The number of rotatable bonds is 4. The lowest BCUT2D eigenvalue weighted by molar-refractivity contribution is -0.133. The Kier molecular flexibility index (Phi) is 4.57. The minimum atomic E-state index is -3.55. The van der Waals surface area contributed by atoms with E-state index in [0.29, 0.717) is 42.4 Å². The van der Waals surface area contributed by atoms with Crippen LogP contribution >= 0.6 is 0 Å². The Bertz CT molecular complexity index is 748. The molecule has 0 unspecified atom stereocenters. The third kappa shape index (κ3) is 3.02. The monoisotopic (exact) mass is 352 g/mol. The number of nitrogens with zero attached hydrogens (tertiary/aromatic N) is 2. The first-order valence-electron chi connectivity index (χ1n) is 8.29. The molecule has 2 fully saturated rings. The zero-order valence-corrected chi connectivity index (χ0v) is 15.2. The van der Waals surface area contributed by atoms with Crippen LogP contribution < -0.4 is 4.74 Å². The summed E-state index contributed by atoms with van der Waals surface area (Å²) in [6, 6.07) is 3.31. The van der Waals surface area contributed by atoms with Gasteiger partial charge in [-0.25, -0.2) is 8.42 Å². The van der Waals surface area contributed by atoms with Crippen molar-refractivity contribution in [2.24, 2.45) is 5.92 Å². The molecule has 24 heavy (non-hydrogen) atoms. The molecule has 0 atom stereocenters. The van der Waals surface area contributed by atoms with Gasteiger partial charge < -0.3 is 9.64 Å². The highest BCUT2D eigenvalue weighted by atomic mass is 32.2. The van der Waals surface area contributed by atoms with Crippen LogP contribution in [0.4, 0.5) is 0 Å². The van der Waals surface area contributed by atoms with Crippen molar-refractivity contribution in [3.05, 3.63) is 23.3 Å². The van der Waals surface area contributed by atoms with Gasteiger partial charge in [0.15, 0.2) is 0 Å². The van der Waals surface area contributed by atoms with Gasteiger partial charge in [0.2, 0.25) is 15.9 Å². The summed E-state index contributed by atoms with van der Waals surface area (Å²) < 4.78 is 32.7. The van der Waals surface area contributed by atoms with Crippen molar-refractivity contribution in [3.8, 4) is 5.75 Å². The highest BCUT2D eigenvalue weighted by Crippen LogP contribution is 2.32. The van der Waals surface area contributed by atoms with Crippen LogP contribution in [0.1, 0.15) is 24.0 Å². The molecule has 1 heterocycles. The second-order valence-electron chi connectivity index (χ2n) is 6.52. The summed E-state index contributed by atoms with van der Waals surface area (Å²) >= 11 is 0. The standard InChI is InChI=1S/C17H24N2O4S/c1-12-13(2)16(7-6-15(12)23-3)24(21,22)19-10-8-18(9-11-19)17(20)14-4-5-14/h6-7,14H,4-5,8-11H2,1-3H3. The molecule has 1 aromatic rings. The lowest BCUT2D eigenvalue weighted by atomic mass is 10.1. The molecule has 1 amide bonds. The second-order valence-corrected chi connectivity index (χ2v) is 8.43. The van der Waals surface area contributed by atoms with Gasteiger partial charge in [-0.05, 0) is 49.9 Å². The van der Waals surface area contributed by atoms with Crippen LogP contribution in [-0.2, 0) is 14.8 Å². The summed E-state index contributed by atoms with van der Waals surface area (Å²) in [6.45, 7) is 5.32. The van der Waals surface area contributed by atoms with Gasteiger partial charge >= 0.3 is 0 Å². The van der Waals surface area contributed by atoms with Gasteiger partial charge in [0.05, 0.1) is 12.0 Å². The largest absolute Gasteiger partial charge is 0.496 e. The molecule has 2 aliphatic rings. The van der Waals surface area contributed by atoms with Gasteiger partial charge in [-0.3, -0.25) is 4.79 Å². The van der Waals surface area contributed by atoms with E-state index in [1.807, 2.05) is 6.92 Å². The molecule has 0 spiro atoms. The Morgan fingerprint density at radius 2 is 1.71 bits per heavy atom. The average molecular weight is 352 g/mol. The molecule has 0 N–H and O–H groups in total. The fraction of sp³-hybridized carbons (Fsp3) is 0.588. The van der Waals surface area contributed by atoms with E-state index in [9.17, 15) is 13.2 Å². The first-order chi connectivity index (χ1) is 11.4. The molecule has 1 saturated heterocycles. The number of benzene rings is 1. The SMILES string of the molecule is COc1ccc(S(=O)(=O)N2CCN(C(=O)C3CC3)CC2)c(C)c1C. The van der Waals surface area contributed by atoms with E-state index in [2.05, 4.69) is 0 Å². The minimum Gasteiger partial charge on any atom is -0.496 e. The molecule has 1 aromatic carbocycles. The summed E-state index contributed by atoms with van der Waals surface area (Å²) in [6.07, 6.45) is 1.95. The van der Waals surface area contributed by atoms with Crippen LogP contribution in [0.15, 0.2) is 17.0 Å². The zero-order valence-electron chi connectivity index (χ0n) is 14.4. The molecule has 1 aliphatic carbocycles. The number of carbonyl (C=O) groups excluding carboxylic acids is 1. The topological polar surface area (TPSA) is 66.9 Å². The molecule has 0 aromatic heterocycles. The maximum Gasteiger partial charge on any atom is 0.243 e. The molecule has 0 radical (unpaired) electrons. The molecule has 7 heteroatoms. The predicted molar refractivity (Wildman–Crippen MR) is 90.5 cm³/mol. The van der Waals surface area contributed by atoms with Crippen molar-refractivity contribution in [1.82, 2.24) is 9.21 Å². The number of hydrogen-bond donors (Lipinski definition) is 0. The lowest BCUT2D eigenvalue weighted by Crippen LogP contribution is -2.51. The highest BCUT2D eigenvalue weighted by molar-refractivity contribution is 7.89. The van der Waals surface area contributed by atoms with Crippen molar-refractivity contribution in [3.63, 3.8) is 0 Å². The Hall–Kier alpha value is -1.60. The van der Waals surface area contributed by atoms with Crippen LogP contribution in [0.25, 0.3) is 0 Å². The van der Waals surface area contributed by atoms with Crippen molar-refractivity contribution in [2.45, 2.75) is 31.6 Å². The van der Waals surface area contributed by atoms with E-state index in [4.69, 9.17) is 4.74 Å². The van der Waals surface area contributed by atoms with Crippen LogP contribution in [0.3, 0.4) is 0 Å². The van der Waals surface area contributed by atoms with Crippen molar-refractivity contribution >= 4 is 15.9 Å². The Balaban J connectivity index is 1.77. The molecule has 6 nitrogen and oxygen atoms in total. The summed E-state index contributed by atoms with van der Waals surface area (Å²) in [5.74, 6) is 1.05. The summed E-state index contributed by atoms with van der Waals surface area (Å²) in [7, 11) is -1.98. The van der Waals surface area contributed by atoms with E-state index >= 15 is 0 Å². The number of hydrogen-bond acceptors (Lipinski definition) is 4. The average Bonchev–Trinajstić information content (AvgIpc) is 3.41. The maximum absolute atomic E-state index is 13.0. The van der Waals surface area contributed by atoms with E-state index < -0.39 is 10.0 Å². The van der Waals surface area contributed by atoms with Gasteiger partial charge in [0.25, 0.3) is 0 Å². The maximum atomic E-state index is 13.0. The highest BCUT2D eigenvalue weighted by Gasteiger charge is 2.37. The fourth-order valence-electron chi connectivity index (χ4n) is 3.15. The summed E-state index contributed by atoms with van der Waals surface area (Å²) in [5, 5.41) is 0. The van der Waals surface area contributed by atoms with Gasteiger partial charge in [-0.1, -0.05) is 0 Å². The molecule has 1 aliphatic heterocycles. The fourth-order valence-corrected chi connectivity index (χ4v) is 4.85. The molecular weight excluding hydrogens is 328 g/mol. The lowest BCUT2D eigenvalue weighted by Gasteiger charge is -2.34. The van der Waals surface area contributed by atoms with Crippen LogP contribution in [0.5, 0.6) is 5.75 Å². The van der Waals surface area contributed by atoms with Crippen LogP contribution in [0.2, 0.25) is 0 Å². The van der Waals surface area contributed by atoms with Gasteiger partial charge in [-0.2, -0.15) is 4.31 Å². The number of carbonyl (C=O) groups is 1. The van der Waals surface area contributed by atoms with Crippen molar-refractivity contribution in [2.75, 3.05) is 33.3 Å². The quantitative estimate of drug-likeness (QED) is 0.825. The number of sulfonamides is 1. The van der Waals surface area contributed by atoms with E-state index in [1.54, 1.807) is 31.1 Å². The number of piperazine rings is 1. The third-order valence-corrected chi connectivity index (χ3v) is 7.05. The number of amides is 1. The van der Waals surface area contributed by atoms with Gasteiger partial charge in [-0.15, -0.1) is 0 Å². The molecule has 1 saturated carbocycles. The van der Waals surface area contributed by atoms with Crippen molar-refractivity contribution < 1.29 is 17.9 Å². The van der Waals surface area contributed by atoms with Crippen molar-refractivity contribution in [1.29, 1.82) is 0 Å². The van der Waals surface area contributed by atoms with E-state index in [0.717, 1.165) is 18.4 Å². The summed E-state index contributed by atoms with van der Waals surface area (Å²) in [5.41, 5.74) is 1.55.